The number of hydrogen-bond donors (Lipinski definition) is 1. The number of aromatic carboxylic acids is 1. The molecule has 0 radical (unpaired) electrons. The second kappa shape index (κ2) is 5.35. The summed E-state index contributed by atoms with van der Waals surface area (Å²) < 4.78 is 0. The van der Waals surface area contributed by atoms with E-state index >= 15 is 0 Å². The van der Waals surface area contributed by atoms with Crippen molar-refractivity contribution in [2.24, 2.45) is 0 Å². The van der Waals surface area contributed by atoms with Crippen LogP contribution in [-0.4, -0.2) is 28.9 Å². The molecule has 0 saturated carbocycles. The minimum atomic E-state index is -1.01. The SMILES string of the molecule is CN1C(=S)C(C(=O)c2ccc(C(=O)O)cc2)c2ccccc21. The van der Waals surface area contributed by atoms with Crippen LogP contribution in [0.5, 0.6) is 0 Å². The third kappa shape index (κ3) is 2.19. The van der Waals surface area contributed by atoms with Gasteiger partial charge >= 0.3 is 5.97 Å². The normalized spacial score (nSPS) is 16.5. The number of carboxylic acid groups (broad SMARTS) is 1. The molecule has 1 heterocycles. The lowest BCUT2D eigenvalue weighted by Crippen LogP contribution is -2.26. The van der Waals surface area contributed by atoms with Gasteiger partial charge in [0.25, 0.3) is 0 Å². The van der Waals surface area contributed by atoms with Crippen molar-refractivity contribution in [3.63, 3.8) is 0 Å². The summed E-state index contributed by atoms with van der Waals surface area (Å²) in [5, 5.41) is 8.92. The Bertz CT molecular complexity index is 783. The number of likely N-dealkylation sites (N-methyl/N-ethyl adjacent to an activating group) is 1. The maximum Gasteiger partial charge on any atom is 0.335 e. The number of anilines is 1. The van der Waals surface area contributed by atoms with Gasteiger partial charge in [0.15, 0.2) is 5.78 Å². The highest BCUT2D eigenvalue weighted by Gasteiger charge is 2.37. The molecule has 1 N–H and O–H groups in total. The van der Waals surface area contributed by atoms with Crippen molar-refractivity contribution < 1.29 is 14.7 Å². The zero-order valence-electron chi connectivity index (χ0n) is 11.8. The number of benzene rings is 2. The van der Waals surface area contributed by atoms with E-state index in [2.05, 4.69) is 0 Å². The predicted octanol–water partition coefficient (Wildman–Crippen LogP) is 3.13. The number of rotatable bonds is 3. The van der Waals surface area contributed by atoms with Crippen LogP contribution in [0.3, 0.4) is 0 Å². The Hall–Kier alpha value is -2.53. The molecule has 1 aliphatic heterocycles. The van der Waals surface area contributed by atoms with Crippen LogP contribution in [0.4, 0.5) is 5.69 Å². The van der Waals surface area contributed by atoms with E-state index in [0.717, 1.165) is 11.3 Å². The molecular formula is C17H13NO3S. The standard InChI is InChI=1S/C17H13NO3S/c1-18-13-5-3-2-4-12(13)14(16(18)22)15(19)10-6-8-11(9-7-10)17(20)21/h2-9,14H,1H3,(H,20,21). The topological polar surface area (TPSA) is 57.6 Å². The zero-order chi connectivity index (χ0) is 15.9. The Morgan fingerprint density at radius 2 is 1.64 bits per heavy atom. The number of thiocarbonyl (C=S) groups is 1. The van der Waals surface area contributed by atoms with Gasteiger partial charge in [-0.25, -0.2) is 4.79 Å². The van der Waals surface area contributed by atoms with Crippen LogP contribution in [0.15, 0.2) is 48.5 Å². The van der Waals surface area contributed by atoms with Gasteiger partial charge in [0.2, 0.25) is 0 Å². The quantitative estimate of drug-likeness (QED) is 0.697. The molecule has 22 heavy (non-hydrogen) atoms. The van der Waals surface area contributed by atoms with E-state index in [-0.39, 0.29) is 11.3 Å². The molecule has 0 aliphatic carbocycles. The second-order valence-electron chi connectivity index (χ2n) is 5.14. The molecule has 0 saturated heterocycles. The Labute approximate surface area is 133 Å². The van der Waals surface area contributed by atoms with E-state index in [1.807, 2.05) is 36.2 Å². The predicted molar refractivity (Wildman–Crippen MR) is 87.9 cm³/mol. The fourth-order valence-corrected chi connectivity index (χ4v) is 3.01. The summed E-state index contributed by atoms with van der Waals surface area (Å²) in [6, 6.07) is 13.6. The number of ketones is 1. The molecule has 1 unspecified atom stereocenters. The summed E-state index contributed by atoms with van der Waals surface area (Å²) in [5.41, 5.74) is 2.45. The molecule has 2 aromatic carbocycles. The fraction of sp³-hybridized carbons (Fsp3) is 0.118. The first-order chi connectivity index (χ1) is 10.5. The van der Waals surface area contributed by atoms with Crippen molar-refractivity contribution in [1.82, 2.24) is 0 Å². The number of carbonyl (C=O) groups excluding carboxylic acids is 1. The summed E-state index contributed by atoms with van der Waals surface area (Å²) in [6.45, 7) is 0. The van der Waals surface area contributed by atoms with Crippen LogP contribution in [0.1, 0.15) is 32.2 Å². The van der Waals surface area contributed by atoms with Gasteiger partial charge in [0.1, 0.15) is 5.92 Å². The minimum absolute atomic E-state index is 0.112. The number of Topliss-reactive ketones (excluding diaryl/α,β-unsaturated/α-hetero) is 1. The highest BCUT2D eigenvalue weighted by atomic mass is 32.1. The maximum atomic E-state index is 12.8. The summed E-state index contributed by atoms with van der Waals surface area (Å²) >= 11 is 5.42. The van der Waals surface area contributed by atoms with Crippen LogP contribution in [0.2, 0.25) is 0 Å². The van der Waals surface area contributed by atoms with Crippen molar-refractivity contribution in [3.05, 3.63) is 65.2 Å². The Morgan fingerprint density at radius 3 is 2.27 bits per heavy atom. The Balaban J connectivity index is 1.99. The molecule has 2 aromatic rings. The third-order valence-corrected chi connectivity index (χ3v) is 4.37. The average Bonchev–Trinajstić information content (AvgIpc) is 2.79. The first-order valence-corrected chi connectivity index (χ1v) is 7.15. The van der Waals surface area contributed by atoms with Gasteiger partial charge in [0.05, 0.1) is 10.6 Å². The first-order valence-electron chi connectivity index (χ1n) is 6.75. The molecule has 0 aromatic heterocycles. The molecule has 4 nitrogen and oxygen atoms in total. The highest BCUT2D eigenvalue weighted by molar-refractivity contribution is 7.80. The number of para-hydroxylation sites is 1. The van der Waals surface area contributed by atoms with Gasteiger partial charge in [-0.3, -0.25) is 4.79 Å². The Kier molecular flexibility index (Phi) is 3.50. The summed E-state index contributed by atoms with van der Waals surface area (Å²) in [6.07, 6.45) is 0. The van der Waals surface area contributed by atoms with Gasteiger partial charge < -0.3 is 10.0 Å². The van der Waals surface area contributed by atoms with Gasteiger partial charge in [-0.1, -0.05) is 42.5 Å². The lowest BCUT2D eigenvalue weighted by molar-refractivity contribution is 0.0696. The zero-order valence-corrected chi connectivity index (χ0v) is 12.6. The van der Waals surface area contributed by atoms with Gasteiger partial charge in [-0.2, -0.15) is 0 Å². The lowest BCUT2D eigenvalue weighted by atomic mass is 9.92. The van der Waals surface area contributed by atoms with Crippen molar-refractivity contribution >= 4 is 34.6 Å². The van der Waals surface area contributed by atoms with Crippen LogP contribution in [0.25, 0.3) is 0 Å². The number of fused-ring (bicyclic) bond motifs is 1. The van der Waals surface area contributed by atoms with E-state index in [0.29, 0.717) is 10.6 Å². The summed E-state index contributed by atoms with van der Waals surface area (Å²) in [7, 11) is 1.85. The van der Waals surface area contributed by atoms with Crippen molar-refractivity contribution in [1.29, 1.82) is 0 Å². The van der Waals surface area contributed by atoms with Crippen molar-refractivity contribution in [3.8, 4) is 0 Å². The van der Waals surface area contributed by atoms with Crippen molar-refractivity contribution in [2.75, 3.05) is 11.9 Å². The van der Waals surface area contributed by atoms with Crippen LogP contribution in [0, 0.1) is 0 Å². The van der Waals surface area contributed by atoms with E-state index < -0.39 is 11.9 Å². The maximum absolute atomic E-state index is 12.8. The molecule has 0 fully saturated rings. The summed E-state index contributed by atoms with van der Waals surface area (Å²) in [4.78, 5) is 26.1. The fourth-order valence-electron chi connectivity index (χ4n) is 2.68. The molecule has 1 aliphatic rings. The third-order valence-electron chi connectivity index (χ3n) is 3.87. The minimum Gasteiger partial charge on any atom is -0.478 e. The number of carboxylic acids is 1. The average molecular weight is 311 g/mol. The molecular weight excluding hydrogens is 298 g/mol. The van der Waals surface area contributed by atoms with Gasteiger partial charge in [-0.05, 0) is 23.8 Å². The van der Waals surface area contributed by atoms with Gasteiger partial charge in [0, 0.05) is 18.3 Å². The second-order valence-corrected chi connectivity index (χ2v) is 5.55. The number of carbonyl (C=O) groups is 2. The number of hydrogen-bond acceptors (Lipinski definition) is 3. The van der Waals surface area contributed by atoms with Crippen molar-refractivity contribution in [2.45, 2.75) is 5.92 Å². The van der Waals surface area contributed by atoms with E-state index in [4.69, 9.17) is 17.3 Å². The van der Waals surface area contributed by atoms with E-state index in [1.165, 1.54) is 24.3 Å². The van der Waals surface area contributed by atoms with E-state index in [9.17, 15) is 9.59 Å². The molecule has 110 valence electrons. The van der Waals surface area contributed by atoms with Gasteiger partial charge in [-0.15, -0.1) is 0 Å². The first kappa shape index (κ1) is 14.4. The highest BCUT2D eigenvalue weighted by Crippen LogP contribution is 2.38. The Morgan fingerprint density at radius 1 is 1.05 bits per heavy atom. The van der Waals surface area contributed by atoms with E-state index in [1.54, 1.807) is 0 Å². The largest absolute Gasteiger partial charge is 0.478 e. The molecule has 5 heteroatoms. The molecule has 3 rings (SSSR count). The van der Waals surface area contributed by atoms with Crippen LogP contribution in [-0.2, 0) is 0 Å². The summed E-state index contributed by atoms with van der Waals surface area (Å²) in [5.74, 6) is -1.62. The van der Waals surface area contributed by atoms with Crippen LogP contribution < -0.4 is 4.90 Å². The molecule has 0 bridgehead atoms. The molecule has 0 spiro atoms. The molecule has 0 amide bonds. The number of nitrogens with zero attached hydrogens (tertiary/aromatic N) is 1. The molecule has 1 atom stereocenters. The van der Waals surface area contributed by atoms with Crippen LogP contribution >= 0.6 is 12.2 Å². The lowest BCUT2D eigenvalue weighted by Gasteiger charge is -2.14. The smallest absolute Gasteiger partial charge is 0.335 e. The monoisotopic (exact) mass is 311 g/mol.